The minimum Gasteiger partial charge on any atom is -0.335 e. The number of carbonyl (C=O) groups excluding carboxylic acids is 1. The molecule has 1 aliphatic rings. The van der Waals surface area contributed by atoms with E-state index in [1.54, 1.807) is 17.4 Å². The molecule has 1 aliphatic heterocycles. The maximum atomic E-state index is 12.2. The van der Waals surface area contributed by atoms with Crippen LogP contribution in [0, 0.1) is 0 Å². The quantitative estimate of drug-likeness (QED) is 0.781. The summed E-state index contributed by atoms with van der Waals surface area (Å²) in [5.41, 5.74) is 2.60. The molecule has 2 heterocycles. The third-order valence-corrected chi connectivity index (χ3v) is 4.44. The van der Waals surface area contributed by atoms with Gasteiger partial charge in [0.25, 0.3) is 0 Å². The van der Waals surface area contributed by atoms with Gasteiger partial charge in [-0.05, 0) is 35.1 Å². The zero-order chi connectivity index (χ0) is 14.5. The molecule has 3 rings (SSSR count). The maximum absolute atomic E-state index is 12.2. The van der Waals surface area contributed by atoms with Gasteiger partial charge in [-0.3, -0.25) is 4.79 Å². The summed E-state index contributed by atoms with van der Waals surface area (Å²) < 4.78 is 0. The highest BCUT2D eigenvalue weighted by Gasteiger charge is 2.15. The van der Waals surface area contributed by atoms with E-state index < -0.39 is 0 Å². The first-order chi connectivity index (χ1) is 10.3. The van der Waals surface area contributed by atoms with Crippen molar-refractivity contribution in [3.63, 3.8) is 0 Å². The van der Waals surface area contributed by atoms with Gasteiger partial charge < -0.3 is 4.90 Å². The van der Waals surface area contributed by atoms with Crippen LogP contribution in [-0.2, 0) is 4.79 Å². The number of amides is 1. The van der Waals surface area contributed by atoms with E-state index in [1.165, 1.54) is 11.1 Å². The molecular formula is C18H17NOS. The topological polar surface area (TPSA) is 20.3 Å². The van der Waals surface area contributed by atoms with E-state index >= 15 is 0 Å². The van der Waals surface area contributed by atoms with Crippen LogP contribution < -0.4 is 0 Å². The Morgan fingerprint density at radius 2 is 2.00 bits per heavy atom. The van der Waals surface area contributed by atoms with Gasteiger partial charge in [0, 0.05) is 24.0 Å². The summed E-state index contributed by atoms with van der Waals surface area (Å²) in [5, 5.41) is 2.01. The normalized spacial score (nSPS) is 15.2. The van der Waals surface area contributed by atoms with Crippen LogP contribution in [0.1, 0.15) is 16.9 Å². The molecule has 2 aromatic rings. The standard InChI is InChI=1S/C18H17NOS/c20-18(9-8-17-7-4-14-21-17)19-12-10-16(11-13-19)15-5-2-1-3-6-15/h1-10,14H,11-13H2. The highest BCUT2D eigenvalue weighted by molar-refractivity contribution is 7.10. The first-order valence-electron chi connectivity index (χ1n) is 7.08. The summed E-state index contributed by atoms with van der Waals surface area (Å²) >= 11 is 1.64. The SMILES string of the molecule is O=C(C=Cc1cccs1)N1CC=C(c2ccccc2)CC1. The number of hydrogen-bond acceptors (Lipinski definition) is 2. The summed E-state index contributed by atoms with van der Waals surface area (Å²) in [6, 6.07) is 14.4. The Labute approximate surface area is 129 Å². The van der Waals surface area contributed by atoms with Crippen molar-refractivity contribution < 1.29 is 4.79 Å². The lowest BCUT2D eigenvalue weighted by atomic mass is 9.99. The molecule has 3 heteroatoms. The van der Waals surface area contributed by atoms with Crippen molar-refractivity contribution >= 4 is 28.9 Å². The fourth-order valence-electron chi connectivity index (χ4n) is 2.43. The van der Waals surface area contributed by atoms with Crippen molar-refractivity contribution in [2.45, 2.75) is 6.42 Å². The van der Waals surface area contributed by atoms with Crippen LogP contribution in [-0.4, -0.2) is 23.9 Å². The van der Waals surface area contributed by atoms with E-state index in [0.717, 1.165) is 17.8 Å². The van der Waals surface area contributed by atoms with Crippen molar-refractivity contribution in [2.75, 3.05) is 13.1 Å². The van der Waals surface area contributed by atoms with Gasteiger partial charge in [0.15, 0.2) is 0 Å². The molecule has 1 aromatic heterocycles. The van der Waals surface area contributed by atoms with E-state index in [0.29, 0.717) is 6.54 Å². The summed E-state index contributed by atoms with van der Waals surface area (Å²) in [6.07, 6.45) is 6.65. The number of rotatable bonds is 3. The molecule has 0 unspecified atom stereocenters. The van der Waals surface area contributed by atoms with Gasteiger partial charge in [0.2, 0.25) is 5.91 Å². The predicted octanol–water partition coefficient (Wildman–Crippen LogP) is 4.08. The predicted molar refractivity (Wildman–Crippen MR) is 89.0 cm³/mol. The average Bonchev–Trinajstić information content (AvgIpc) is 3.07. The monoisotopic (exact) mass is 295 g/mol. The first-order valence-corrected chi connectivity index (χ1v) is 7.96. The number of benzene rings is 1. The summed E-state index contributed by atoms with van der Waals surface area (Å²) in [5.74, 6) is 0.0896. The van der Waals surface area contributed by atoms with E-state index in [2.05, 4.69) is 30.3 Å². The lowest BCUT2D eigenvalue weighted by Gasteiger charge is -2.25. The molecule has 21 heavy (non-hydrogen) atoms. The van der Waals surface area contributed by atoms with E-state index in [-0.39, 0.29) is 5.91 Å². The molecule has 0 atom stereocenters. The third-order valence-electron chi connectivity index (χ3n) is 3.60. The molecule has 0 fully saturated rings. The Morgan fingerprint density at radius 1 is 1.14 bits per heavy atom. The van der Waals surface area contributed by atoms with E-state index in [1.807, 2.05) is 34.6 Å². The highest BCUT2D eigenvalue weighted by Crippen LogP contribution is 2.22. The molecule has 0 N–H and O–H groups in total. The smallest absolute Gasteiger partial charge is 0.246 e. The molecule has 0 bridgehead atoms. The molecule has 0 saturated heterocycles. The van der Waals surface area contributed by atoms with Gasteiger partial charge in [-0.1, -0.05) is 42.5 Å². The molecular weight excluding hydrogens is 278 g/mol. The number of hydrogen-bond donors (Lipinski definition) is 0. The molecule has 0 spiro atoms. The van der Waals surface area contributed by atoms with Crippen LogP contribution in [0.25, 0.3) is 11.6 Å². The van der Waals surface area contributed by atoms with Gasteiger partial charge in [-0.2, -0.15) is 0 Å². The Hall–Kier alpha value is -2.13. The van der Waals surface area contributed by atoms with Crippen molar-refractivity contribution in [3.8, 4) is 0 Å². The van der Waals surface area contributed by atoms with Gasteiger partial charge in [0.05, 0.1) is 0 Å². The minimum atomic E-state index is 0.0896. The second-order valence-electron chi connectivity index (χ2n) is 4.98. The minimum absolute atomic E-state index is 0.0896. The second-order valence-corrected chi connectivity index (χ2v) is 5.96. The third kappa shape index (κ3) is 3.50. The Bertz CT molecular complexity index is 656. The summed E-state index contributed by atoms with van der Waals surface area (Å²) in [6.45, 7) is 1.48. The molecule has 1 amide bonds. The van der Waals surface area contributed by atoms with Gasteiger partial charge in [0.1, 0.15) is 0 Å². The van der Waals surface area contributed by atoms with Crippen LogP contribution in [0.5, 0.6) is 0 Å². The molecule has 0 saturated carbocycles. The van der Waals surface area contributed by atoms with Crippen LogP contribution in [0.15, 0.2) is 60.0 Å². The number of thiophene rings is 1. The van der Waals surface area contributed by atoms with Crippen LogP contribution in [0.4, 0.5) is 0 Å². The number of carbonyl (C=O) groups is 1. The fourth-order valence-corrected chi connectivity index (χ4v) is 3.05. The molecule has 2 nitrogen and oxygen atoms in total. The van der Waals surface area contributed by atoms with Gasteiger partial charge >= 0.3 is 0 Å². The Kier molecular flexibility index (Phi) is 4.31. The van der Waals surface area contributed by atoms with Gasteiger partial charge in [-0.25, -0.2) is 0 Å². The zero-order valence-electron chi connectivity index (χ0n) is 11.7. The molecule has 106 valence electrons. The largest absolute Gasteiger partial charge is 0.335 e. The van der Waals surface area contributed by atoms with Gasteiger partial charge in [-0.15, -0.1) is 11.3 Å². The van der Waals surface area contributed by atoms with Crippen molar-refractivity contribution in [1.82, 2.24) is 4.90 Å². The van der Waals surface area contributed by atoms with E-state index in [9.17, 15) is 4.79 Å². The first kappa shape index (κ1) is 13.8. The zero-order valence-corrected chi connectivity index (χ0v) is 12.6. The lowest BCUT2D eigenvalue weighted by molar-refractivity contribution is -0.125. The van der Waals surface area contributed by atoms with Crippen molar-refractivity contribution in [2.24, 2.45) is 0 Å². The van der Waals surface area contributed by atoms with E-state index in [4.69, 9.17) is 0 Å². The highest BCUT2D eigenvalue weighted by atomic mass is 32.1. The van der Waals surface area contributed by atoms with Crippen molar-refractivity contribution in [1.29, 1.82) is 0 Å². The molecule has 1 aromatic carbocycles. The average molecular weight is 295 g/mol. The lowest BCUT2D eigenvalue weighted by Crippen LogP contribution is -2.33. The van der Waals surface area contributed by atoms with Crippen LogP contribution >= 0.6 is 11.3 Å². The summed E-state index contributed by atoms with van der Waals surface area (Å²) in [7, 11) is 0. The van der Waals surface area contributed by atoms with Crippen LogP contribution in [0.3, 0.4) is 0 Å². The van der Waals surface area contributed by atoms with Crippen molar-refractivity contribution in [3.05, 3.63) is 70.4 Å². The molecule has 0 aliphatic carbocycles. The molecule has 0 radical (unpaired) electrons. The maximum Gasteiger partial charge on any atom is 0.246 e. The number of nitrogens with zero attached hydrogens (tertiary/aromatic N) is 1. The Morgan fingerprint density at radius 3 is 2.67 bits per heavy atom. The second kappa shape index (κ2) is 6.55. The summed E-state index contributed by atoms with van der Waals surface area (Å²) in [4.78, 5) is 15.1. The Balaban J connectivity index is 1.62. The fraction of sp³-hybridized carbons (Fsp3) is 0.167. The van der Waals surface area contributed by atoms with Crippen LogP contribution in [0.2, 0.25) is 0 Å².